The van der Waals surface area contributed by atoms with Crippen LogP contribution >= 0.6 is 0 Å². The van der Waals surface area contributed by atoms with Crippen LogP contribution in [-0.2, 0) is 30.2 Å². The third kappa shape index (κ3) is 11.0. The summed E-state index contributed by atoms with van der Waals surface area (Å²) in [6.07, 6.45) is 8.18. The Morgan fingerprint density at radius 1 is 1.05 bits per heavy atom. The largest absolute Gasteiger partial charge is 0.507 e. The third-order valence-corrected chi connectivity index (χ3v) is 6.58. The highest BCUT2D eigenvalue weighted by atomic mass is 16.6. The first kappa shape index (κ1) is 31.0. The van der Waals surface area contributed by atoms with Crippen molar-refractivity contribution in [3.05, 3.63) is 47.1 Å². The second-order valence-corrected chi connectivity index (χ2v) is 9.76. The molecule has 0 fully saturated rings. The molecule has 0 amide bonds. The predicted octanol–water partition coefficient (Wildman–Crippen LogP) is 5.74. The summed E-state index contributed by atoms with van der Waals surface area (Å²) in [7, 11) is 1.63. The molecule has 1 aliphatic carbocycles. The molecule has 37 heavy (non-hydrogen) atoms. The van der Waals surface area contributed by atoms with Gasteiger partial charge in [-0.15, -0.1) is 0 Å². The van der Waals surface area contributed by atoms with Crippen molar-refractivity contribution in [2.24, 2.45) is 5.92 Å². The lowest BCUT2D eigenvalue weighted by atomic mass is 9.73. The number of carbonyl (C=O) groups is 1. The number of ether oxygens (including phenoxy) is 5. The van der Waals surface area contributed by atoms with Crippen molar-refractivity contribution >= 4 is 5.97 Å². The van der Waals surface area contributed by atoms with Gasteiger partial charge in [0.25, 0.3) is 0 Å². The van der Waals surface area contributed by atoms with Crippen LogP contribution in [-0.4, -0.2) is 64.4 Å². The minimum Gasteiger partial charge on any atom is -0.507 e. The lowest BCUT2D eigenvalue weighted by Crippen LogP contribution is -2.21. The smallest absolute Gasteiger partial charge is 0.337 e. The molecule has 208 valence electrons. The Balaban J connectivity index is 2.04. The molecule has 2 atom stereocenters. The fraction of sp³-hybridized carbons (Fsp3) is 0.633. The number of hydrogen-bond donors (Lipinski definition) is 1. The minimum absolute atomic E-state index is 0.0980. The van der Waals surface area contributed by atoms with E-state index in [-0.39, 0.29) is 30.8 Å². The van der Waals surface area contributed by atoms with Gasteiger partial charge >= 0.3 is 5.97 Å². The molecule has 2 unspecified atom stereocenters. The molecule has 0 heterocycles. The van der Waals surface area contributed by atoms with Crippen molar-refractivity contribution < 1.29 is 33.6 Å². The molecule has 2 rings (SSSR count). The molecule has 0 spiro atoms. The van der Waals surface area contributed by atoms with Crippen LogP contribution in [0.4, 0.5) is 0 Å². The van der Waals surface area contributed by atoms with E-state index in [0.29, 0.717) is 44.3 Å². The topological polar surface area (TPSA) is 83.5 Å². The van der Waals surface area contributed by atoms with Gasteiger partial charge in [-0.1, -0.05) is 43.6 Å². The van der Waals surface area contributed by atoms with Gasteiger partial charge in [-0.3, -0.25) is 0 Å². The first-order valence-electron chi connectivity index (χ1n) is 13.5. The summed E-state index contributed by atoms with van der Waals surface area (Å²) in [5, 5.41) is 11.1. The van der Waals surface area contributed by atoms with Crippen LogP contribution in [0.3, 0.4) is 0 Å². The maximum absolute atomic E-state index is 12.7. The SMILES string of the molecule is C=C(C)C1CCC(C)=CC1c1c(O)cc(CCCCC)cc1OC(=O)COCCOCCOCCOC. The summed E-state index contributed by atoms with van der Waals surface area (Å²) in [6, 6.07) is 3.73. The fourth-order valence-electron chi connectivity index (χ4n) is 4.61. The standard InChI is InChI=1S/C30H46O7/c1-6-7-8-9-24-19-27(31)30(26-18-23(4)10-11-25(26)22(2)3)28(20-24)37-29(32)21-36-17-16-35-15-14-34-13-12-33-5/h18-20,25-26,31H,2,6-17,21H2,1,3-5H3. The molecule has 0 radical (unpaired) electrons. The molecule has 0 saturated heterocycles. The van der Waals surface area contributed by atoms with Crippen molar-refractivity contribution in [2.45, 2.75) is 65.2 Å². The van der Waals surface area contributed by atoms with Crippen LogP contribution in [0.5, 0.6) is 11.5 Å². The molecule has 0 aliphatic heterocycles. The predicted molar refractivity (Wildman–Crippen MR) is 145 cm³/mol. The number of carbonyl (C=O) groups excluding carboxylic acids is 1. The monoisotopic (exact) mass is 518 g/mol. The second kappa shape index (κ2) is 17.3. The van der Waals surface area contributed by atoms with E-state index in [4.69, 9.17) is 23.7 Å². The van der Waals surface area contributed by atoms with Gasteiger partial charge in [0.1, 0.15) is 18.1 Å². The van der Waals surface area contributed by atoms with Crippen LogP contribution in [0.1, 0.15) is 69.9 Å². The Morgan fingerprint density at radius 2 is 1.73 bits per heavy atom. The second-order valence-electron chi connectivity index (χ2n) is 9.76. The highest BCUT2D eigenvalue weighted by Crippen LogP contribution is 2.47. The zero-order valence-electron chi connectivity index (χ0n) is 23.2. The maximum atomic E-state index is 12.7. The van der Waals surface area contributed by atoms with Crippen molar-refractivity contribution in [2.75, 3.05) is 53.4 Å². The Bertz CT molecular complexity index is 877. The number of benzene rings is 1. The molecule has 0 saturated carbocycles. The van der Waals surface area contributed by atoms with Crippen LogP contribution in [0.25, 0.3) is 0 Å². The van der Waals surface area contributed by atoms with Crippen molar-refractivity contribution in [1.82, 2.24) is 0 Å². The zero-order chi connectivity index (χ0) is 27.0. The van der Waals surface area contributed by atoms with Crippen LogP contribution in [0.2, 0.25) is 0 Å². The van der Waals surface area contributed by atoms with E-state index in [2.05, 4.69) is 26.5 Å². The Morgan fingerprint density at radius 3 is 2.38 bits per heavy atom. The Labute approximate surface area is 222 Å². The summed E-state index contributed by atoms with van der Waals surface area (Å²) in [5.74, 6) is 0.148. The van der Waals surface area contributed by atoms with Crippen molar-refractivity contribution in [3.63, 3.8) is 0 Å². The highest BCUT2D eigenvalue weighted by molar-refractivity contribution is 5.74. The van der Waals surface area contributed by atoms with Crippen LogP contribution in [0, 0.1) is 5.92 Å². The number of phenols is 1. The Hall–Kier alpha value is -2.19. The molecular weight excluding hydrogens is 472 g/mol. The minimum atomic E-state index is -0.502. The number of aromatic hydroxyl groups is 1. The summed E-state index contributed by atoms with van der Waals surface area (Å²) in [5.41, 5.74) is 3.93. The number of methoxy groups -OCH3 is 1. The first-order chi connectivity index (χ1) is 17.9. The molecule has 1 N–H and O–H groups in total. The average Bonchev–Trinajstić information content (AvgIpc) is 2.85. The van der Waals surface area contributed by atoms with Crippen LogP contribution in [0.15, 0.2) is 35.9 Å². The summed E-state index contributed by atoms with van der Waals surface area (Å²) in [6.45, 7) is 12.9. The van der Waals surface area contributed by atoms with E-state index in [1.807, 2.05) is 19.1 Å². The number of rotatable bonds is 18. The van der Waals surface area contributed by atoms with Gasteiger partial charge < -0.3 is 28.8 Å². The normalized spacial score (nSPS) is 17.5. The summed E-state index contributed by atoms with van der Waals surface area (Å²) < 4.78 is 27.0. The van der Waals surface area contributed by atoms with Gasteiger partial charge in [0.05, 0.1) is 39.6 Å². The van der Waals surface area contributed by atoms with E-state index in [1.54, 1.807) is 7.11 Å². The summed E-state index contributed by atoms with van der Waals surface area (Å²) >= 11 is 0. The van der Waals surface area contributed by atoms with Crippen LogP contribution < -0.4 is 4.74 Å². The summed E-state index contributed by atoms with van der Waals surface area (Å²) in [4.78, 5) is 12.7. The lowest BCUT2D eigenvalue weighted by Gasteiger charge is -2.32. The molecular formula is C30H46O7. The van der Waals surface area contributed by atoms with Crippen molar-refractivity contribution in [3.8, 4) is 11.5 Å². The number of aryl methyl sites for hydroxylation is 1. The van der Waals surface area contributed by atoms with Crippen molar-refractivity contribution in [1.29, 1.82) is 0 Å². The van der Waals surface area contributed by atoms with Gasteiger partial charge in [0.2, 0.25) is 0 Å². The number of hydrogen-bond acceptors (Lipinski definition) is 7. The molecule has 1 aromatic carbocycles. The molecule has 0 aromatic heterocycles. The molecule has 0 bridgehead atoms. The highest BCUT2D eigenvalue weighted by Gasteiger charge is 2.31. The van der Waals surface area contributed by atoms with E-state index < -0.39 is 5.97 Å². The Kier molecular flexibility index (Phi) is 14.5. The number of unbranched alkanes of at least 4 members (excludes halogenated alkanes) is 2. The van der Waals surface area contributed by atoms with Gasteiger partial charge in [0.15, 0.2) is 0 Å². The van der Waals surface area contributed by atoms with Gasteiger partial charge in [-0.05, 0) is 63.1 Å². The maximum Gasteiger partial charge on any atom is 0.337 e. The number of allylic oxidation sites excluding steroid dienone is 3. The average molecular weight is 519 g/mol. The van der Waals surface area contributed by atoms with E-state index in [9.17, 15) is 9.90 Å². The van der Waals surface area contributed by atoms with E-state index in [0.717, 1.165) is 49.7 Å². The van der Waals surface area contributed by atoms with Gasteiger partial charge in [-0.25, -0.2) is 4.79 Å². The van der Waals surface area contributed by atoms with E-state index in [1.165, 1.54) is 5.57 Å². The number of phenolic OH excluding ortho intramolecular Hbond substituents is 1. The lowest BCUT2D eigenvalue weighted by molar-refractivity contribution is -0.140. The van der Waals surface area contributed by atoms with Gasteiger partial charge in [0, 0.05) is 18.6 Å². The molecule has 7 heteroatoms. The molecule has 1 aromatic rings. The number of esters is 1. The molecule has 1 aliphatic rings. The third-order valence-electron chi connectivity index (χ3n) is 6.58. The van der Waals surface area contributed by atoms with Gasteiger partial charge in [-0.2, -0.15) is 0 Å². The quantitative estimate of drug-likeness (QED) is 0.115. The fourth-order valence-corrected chi connectivity index (χ4v) is 4.61. The molecule has 7 nitrogen and oxygen atoms in total. The zero-order valence-corrected chi connectivity index (χ0v) is 23.2. The first-order valence-corrected chi connectivity index (χ1v) is 13.5. The van der Waals surface area contributed by atoms with E-state index >= 15 is 0 Å².